The third kappa shape index (κ3) is 6.52. The monoisotopic (exact) mass is 380 g/mol. The number of carbonyl (C=O) groups is 2. The van der Waals surface area contributed by atoms with Crippen molar-refractivity contribution in [2.24, 2.45) is 5.92 Å². The summed E-state index contributed by atoms with van der Waals surface area (Å²) in [5, 5.41) is 2.89. The molecule has 1 N–H and O–H groups in total. The van der Waals surface area contributed by atoms with E-state index in [1.165, 1.54) is 5.56 Å². The van der Waals surface area contributed by atoms with Crippen molar-refractivity contribution in [1.82, 2.24) is 5.32 Å². The van der Waals surface area contributed by atoms with Crippen molar-refractivity contribution in [2.75, 3.05) is 11.4 Å². The van der Waals surface area contributed by atoms with Crippen LogP contribution < -0.4 is 10.2 Å². The maximum Gasteiger partial charge on any atom is 0.227 e. The van der Waals surface area contributed by atoms with Gasteiger partial charge in [0.05, 0.1) is 13.0 Å². The molecule has 0 saturated carbocycles. The van der Waals surface area contributed by atoms with Gasteiger partial charge in [0.25, 0.3) is 0 Å². The second-order valence-corrected chi connectivity index (χ2v) is 7.70. The third-order valence-electron chi connectivity index (χ3n) is 4.66. The highest BCUT2D eigenvalue weighted by molar-refractivity contribution is 5.93. The van der Waals surface area contributed by atoms with Crippen molar-refractivity contribution in [3.63, 3.8) is 0 Å². The van der Waals surface area contributed by atoms with E-state index in [9.17, 15) is 9.59 Å². The van der Waals surface area contributed by atoms with Crippen molar-refractivity contribution >= 4 is 17.5 Å². The molecular weight excluding hydrogens is 348 g/mol. The molecule has 0 radical (unpaired) electrons. The first-order valence-electron chi connectivity index (χ1n) is 10.1. The first-order valence-corrected chi connectivity index (χ1v) is 10.1. The number of hydrogen-bond acceptors (Lipinski definition) is 2. The van der Waals surface area contributed by atoms with Crippen molar-refractivity contribution in [1.29, 1.82) is 0 Å². The smallest absolute Gasteiger partial charge is 0.227 e. The van der Waals surface area contributed by atoms with Crippen molar-refractivity contribution in [2.45, 2.75) is 53.5 Å². The molecule has 0 atom stereocenters. The summed E-state index contributed by atoms with van der Waals surface area (Å²) in [7, 11) is 0. The van der Waals surface area contributed by atoms with Gasteiger partial charge in [-0.3, -0.25) is 9.59 Å². The number of hydrogen-bond donors (Lipinski definition) is 1. The van der Waals surface area contributed by atoms with Crippen LogP contribution in [0.4, 0.5) is 5.69 Å². The third-order valence-corrected chi connectivity index (χ3v) is 4.66. The average molecular weight is 381 g/mol. The van der Waals surface area contributed by atoms with Crippen LogP contribution in [0.15, 0.2) is 48.5 Å². The van der Waals surface area contributed by atoms with Crippen LogP contribution in [0.25, 0.3) is 0 Å². The molecule has 0 aliphatic carbocycles. The number of rotatable bonds is 9. The second-order valence-electron chi connectivity index (χ2n) is 7.70. The van der Waals surface area contributed by atoms with Gasteiger partial charge in [0, 0.05) is 18.7 Å². The lowest BCUT2D eigenvalue weighted by Crippen LogP contribution is -2.31. The minimum atomic E-state index is 0.0299. The van der Waals surface area contributed by atoms with Crippen molar-refractivity contribution < 1.29 is 9.59 Å². The van der Waals surface area contributed by atoms with Gasteiger partial charge in [0.2, 0.25) is 11.8 Å². The van der Waals surface area contributed by atoms with Gasteiger partial charge < -0.3 is 10.2 Å². The largest absolute Gasteiger partial charge is 0.356 e. The Hall–Kier alpha value is -2.62. The summed E-state index contributed by atoms with van der Waals surface area (Å²) in [6, 6.07) is 15.9. The second kappa shape index (κ2) is 10.6. The van der Waals surface area contributed by atoms with Crippen LogP contribution >= 0.6 is 0 Å². The molecule has 2 rings (SSSR count). The van der Waals surface area contributed by atoms with Crippen molar-refractivity contribution in [3.8, 4) is 0 Å². The molecule has 4 heteroatoms. The summed E-state index contributed by atoms with van der Waals surface area (Å²) in [5.41, 5.74) is 4.13. The van der Waals surface area contributed by atoms with E-state index in [4.69, 9.17) is 0 Å². The quantitative estimate of drug-likeness (QED) is 0.689. The Balaban J connectivity index is 2.19. The lowest BCUT2D eigenvalue weighted by Gasteiger charge is -2.25. The number of carbonyl (C=O) groups excluding carboxylic acids is 2. The SMILES string of the molecule is CCCNC(=O)Cc1ccc(N(Cc2ccccc2C)C(=O)CC(C)C)cc1. The Morgan fingerprint density at radius 1 is 1.04 bits per heavy atom. The van der Waals surface area contributed by atoms with Gasteiger partial charge >= 0.3 is 0 Å². The predicted octanol–water partition coefficient (Wildman–Crippen LogP) is 4.64. The van der Waals surface area contributed by atoms with E-state index in [-0.39, 0.29) is 11.8 Å². The maximum absolute atomic E-state index is 12.9. The zero-order valence-corrected chi connectivity index (χ0v) is 17.5. The lowest BCUT2D eigenvalue weighted by atomic mass is 10.1. The molecule has 0 heterocycles. The molecule has 4 nitrogen and oxygen atoms in total. The van der Waals surface area contributed by atoms with Crippen LogP contribution in [0.5, 0.6) is 0 Å². The van der Waals surface area contributed by atoms with Gasteiger partial charge in [-0.15, -0.1) is 0 Å². The fraction of sp³-hybridized carbons (Fsp3) is 0.417. The molecule has 28 heavy (non-hydrogen) atoms. The fourth-order valence-electron chi connectivity index (χ4n) is 3.05. The van der Waals surface area contributed by atoms with Crippen LogP contribution in [0, 0.1) is 12.8 Å². The maximum atomic E-state index is 12.9. The number of amides is 2. The molecule has 0 unspecified atom stereocenters. The Morgan fingerprint density at radius 3 is 2.32 bits per heavy atom. The summed E-state index contributed by atoms with van der Waals surface area (Å²) in [4.78, 5) is 26.7. The van der Waals surface area contributed by atoms with E-state index >= 15 is 0 Å². The minimum absolute atomic E-state index is 0.0299. The van der Waals surface area contributed by atoms with Gasteiger partial charge in [-0.1, -0.05) is 57.2 Å². The Kier molecular flexibility index (Phi) is 8.24. The molecule has 2 amide bonds. The Labute approximate surface area is 169 Å². The molecule has 0 aliphatic rings. The van der Waals surface area contributed by atoms with E-state index < -0.39 is 0 Å². The zero-order valence-electron chi connectivity index (χ0n) is 17.5. The average Bonchev–Trinajstić information content (AvgIpc) is 2.66. The number of nitrogens with one attached hydrogen (secondary N) is 1. The molecule has 0 aromatic heterocycles. The van der Waals surface area contributed by atoms with Crippen LogP contribution in [-0.2, 0) is 22.6 Å². The van der Waals surface area contributed by atoms with Gasteiger partial charge in [0.15, 0.2) is 0 Å². The first-order chi connectivity index (χ1) is 13.4. The van der Waals surface area contributed by atoms with E-state index in [0.717, 1.165) is 23.2 Å². The molecule has 0 spiro atoms. The van der Waals surface area contributed by atoms with Crippen LogP contribution in [0.2, 0.25) is 0 Å². The summed E-state index contributed by atoms with van der Waals surface area (Å²) < 4.78 is 0. The van der Waals surface area contributed by atoms with Crippen LogP contribution in [0.1, 0.15) is 50.3 Å². The molecule has 2 aromatic carbocycles. The van der Waals surface area contributed by atoms with E-state index in [2.05, 4.69) is 38.2 Å². The number of anilines is 1. The molecule has 0 aliphatic heterocycles. The number of benzene rings is 2. The lowest BCUT2D eigenvalue weighted by molar-refractivity contribution is -0.120. The predicted molar refractivity (Wildman–Crippen MR) is 115 cm³/mol. The fourth-order valence-corrected chi connectivity index (χ4v) is 3.05. The van der Waals surface area contributed by atoms with Gasteiger partial charge in [-0.05, 0) is 48.1 Å². The normalized spacial score (nSPS) is 10.8. The molecule has 0 fully saturated rings. The highest BCUT2D eigenvalue weighted by Crippen LogP contribution is 2.22. The number of nitrogens with zero attached hydrogens (tertiary/aromatic N) is 1. The zero-order chi connectivity index (χ0) is 20.5. The van der Waals surface area contributed by atoms with Gasteiger partial charge in [-0.2, -0.15) is 0 Å². The summed E-state index contributed by atoms with van der Waals surface area (Å²) >= 11 is 0. The van der Waals surface area contributed by atoms with Crippen molar-refractivity contribution in [3.05, 3.63) is 65.2 Å². The van der Waals surface area contributed by atoms with E-state index in [0.29, 0.717) is 31.8 Å². The highest BCUT2D eigenvalue weighted by atomic mass is 16.2. The Morgan fingerprint density at radius 2 is 1.71 bits per heavy atom. The molecule has 0 saturated heterocycles. The van der Waals surface area contributed by atoms with Gasteiger partial charge in [0.1, 0.15) is 0 Å². The molecule has 0 bridgehead atoms. The van der Waals surface area contributed by atoms with Crippen LogP contribution in [-0.4, -0.2) is 18.4 Å². The summed E-state index contributed by atoms with van der Waals surface area (Å²) in [6.07, 6.45) is 1.79. The Bertz CT molecular complexity index is 781. The number of aryl methyl sites for hydroxylation is 1. The summed E-state index contributed by atoms with van der Waals surface area (Å²) in [5.74, 6) is 0.447. The standard InChI is InChI=1S/C24H32N2O2/c1-5-14-25-23(27)16-20-10-12-22(13-11-20)26(24(28)15-18(2)3)17-21-9-7-6-8-19(21)4/h6-13,18H,5,14-17H2,1-4H3,(H,25,27). The van der Waals surface area contributed by atoms with Crippen LogP contribution in [0.3, 0.4) is 0 Å². The van der Waals surface area contributed by atoms with Gasteiger partial charge in [-0.25, -0.2) is 0 Å². The molecule has 2 aromatic rings. The summed E-state index contributed by atoms with van der Waals surface area (Å²) in [6.45, 7) is 9.47. The molecule has 150 valence electrons. The van der Waals surface area contributed by atoms with E-state index in [1.807, 2.05) is 48.2 Å². The minimum Gasteiger partial charge on any atom is -0.356 e. The van der Waals surface area contributed by atoms with E-state index in [1.54, 1.807) is 0 Å². The molecular formula is C24H32N2O2. The highest BCUT2D eigenvalue weighted by Gasteiger charge is 2.18. The topological polar surface area (TPSA) is 49.4 Å². The first kappa shape index (κ1) is 21.7.